The van der Waals surface area contributed by atoms with E-state index in [0.717, 1.165) is 24.3 Å². The maximum absolute atomic E-state index is 6.30. The van der Waals surface area contributed by atoms with Crippen molar-refractivity contribution < 1.29 is 9.47 Å². The average Bonchev–Trinajstić information content (AvgIpc) is 2.48. The SMILES string of the molecule is CCC(CC)(Oc1ccc(N)cc1)SC(C)(C)OC(C)CN. The van der Waals surface area contributed by atoms with Gasteiger partial charge >= 0.3 is 0 Å². The average molecular weight is 327 g/mol. The van der Waals surface area contributed by atoms with Crippen molar-refractivity contribution in [1.82, 2.24) is 0 Å². The fourth-order valence-electron chi connectivity index (χ4n) is 2.31. The number of nitrogens with two attached hydrogens (primary N) is 2. The van der Waals surface area contributed by atoms with Crippen LogP contribution >= 0.6 is 11.8 Å². The standard InChI is InChI=1S/C17H30N2O2S/c1-6-17(7-2,21-15-10-8-14(19)9-11-15)22-16(4,5)20-13(3)12-18/h8-11,13H,6-7,12,18-19H2,1-5H3. The van der Waals surface area contributed by atoms with Gasteiger partial charge in [0, 0.05) is 12.2 Å². The molecule has 4 N–H and O–H groups in total. The molecule has 0 bridgehead atoms. The van der Waals surface area contributed by atoms with E-state index in [1.54, 1.807) is 11.8 Å². The number of hydrogen-bond donors (Lipinski definition) is 2. The Morgan fingerprint density at radius 3 is 2.14 bits per heavy atom. The summed E-state index contributed by atoms with van der Waals surface area (Å²) in [6, 6.07) is 7.53. The number of nitrogen functional groups attached to an aromatic ring is 1. The summed E-state index contributed by atoms with van der Waals surface area (Å²) in [7, 11) is 0. The third-order valence-electron chi connectivity index (χ3n) is 3.51. The molecule has 0 aliphatic carbocycles. The van der Waals surface area contributed by atoms with Crippen molar-refractivity contribution in [2.24, 2.45) is 5.73 Å². The van der Waals surface area contributed by atoms with Gasteiger partial charge in [0.25, 0.3) is 0 Å². The first-order valence-electron chi connectivity index (χ1n) is 7.88. The Bertz CT molecular complexity index is 444. The van der Waals surface area contributed by atoms with E-state index in [0.29, 0.717) is 6.54 Å². The van der Waals surface area contributed by atoms with E-state index in [4.69, 9.17) is 20.9 Å². The Kier molecular flexibility index (Phi) is 7.03. The van der Waals surface area contributed by atoms with Crippen LogP contribution in [-0.4, -0.2) is 22.5 Å². The fourth-order valence-corrected chi connectivity index (χ4v) is 3.85. The van der Waals surface area contributed by atoms with Crippen molar-refractivity contribution in [3.05, 3.63) is 24.3 Å². The summed E-state index contributed by atoms with van der Waals surface area (Å²) in [5.41, 5.74) is 12.1. The molecule has 0 saturated carbocycles. The van der Waals surface area contributed by atoms with Crippen molar-refractivity contribution in [3.8, 4) is 5.75 Å². The van der Waals surface area contributed by atoms with Crippen LogP contribution in [0.25, 0.3) is 0 Å². The summed E-state index contributed by atoms with van der Waals surface area (Å²) >= 11 is 1.71. The minimum absolute atomic E-state index is 0.0189. The molecule has 0 amide bonds. The van der Waals surface area contributed by atoms with E-state index in [1.165, 1.54) is 0 Å². The number of ether oxygens (including phenoxy) is 2. The summed E-state index contributed by atoms with van der Waals surface area (Å²) in [4.78, 5) is -0.716. The van der Waals surface area contributed by atoms with Gasteiger partial charge in [-0.2, -0.15) is 0 Å². The van der Waals surface area contributed by atoms with Crippen molar-refractivity contribution in [3.63, 3.8) is 0 Å². The Morgan fingerprint density at radius 1 is 1.14 bits per heavy atom. The zero-order valence-electron chi connectivity index (χ0n) is 14.4. The van der Waals surface area contributed by atoms with Crippen molar-refractivity contribution in [2.45, 2.75) is 63.4 Å². The van der Waals surface area contributed by atoms with E-state index in [2.05, 4.69) is 27.7 Å². The molecule has 0 aliphatic rings. The van der Waals surface area contributed by atoms with Crippen LogP contribution in [0.3, 0.4) is 0 Å². The van der Waals surface area contributed by atoms with Crippen LogP contribution in [0.4, 0.5) is 5.69 Å². The highest BCUT2D eigenvalue weighted by molar-refractivity contribution is 8.01. The summed E-state index contributed by atoms with van der Waals surface area (Å²) in [6.45, 7) is 10.9. The monoisotopic (exact) mass is 326 g/mol. The Balaban J connectivity index is 2.87. The first-order chi connectivity index (χ1) is 10.3. The molecule has 1 atom stereocenters. The summed E-state index contributed by atoms with van der Waals surface area (Å²) in [5, 5.41) is 0. The molecule has 0 radical (unpaired) electrons. The third-order valence-corrected chi connectivity index (χ3v) is 5.13. The molecule has 0 aromatic heterocycles. The molecule has 4 nitrogen and oxygen atoms in total. The van der Waals surface area contributed by atoms with Crippen molar-refractivity contribution in [1.29, 1.82) is 0 Å². The lowest BCUT2D eigenvalue weighted by molar-refractivity contribution is -0.00281. The van der Waals surface area contributed by atoms with Gasteiger partial charge in [-0.05, 0) is 57.9 Å². The quantitative estimate of drug-likeness (QED) is 0.530. The van der Waals surface area contributed by atoms with E-state index in [9.17, 15) is 0 Å². The molecule has 1 rings (SSSR count). The predicted octanol–water partition coefficient (Wildman–Crippen LogP) is 4.00. The van der Waals surface area contributed by atoms with Gasteiger partial charge in [0.2, 0.25) is 0 Å². The van der Waals surface area contributed by atoms with Gasteiger partial charge in [0.05, 0.1) is 6.10 Å². The van der Waals surface area contributed by atoms with Crippen LogP contribution < -0.4 is 16.2 Å². The zero-order chi connectivity index (χ0) is 16.8. The van der Waals surface area contributed by atoms with Crippen LogP contribution in [-0.2, 0) is 4.74 Å². The van der Waals surface area contributed by atoms with Gasteiger partial charge in [0.15, 0.2) is 4.93 Å². The van der Waals surface area contributed by atoms with Crippen LogP contribution in [0.5, 0.6) is 5.75 Å². The van der Waals surface area contributed by atoms with E-state index < -0.39 is 0 Å². The molecule has 1 unspecified atom stereocenters. The van der Waals surface area contributed by atoms with Crippen molar-refractivity contribution >= 4 is 17.4 Å². The van der Waals surface area contributed by atoms with Gasteiger partial charge in [-0.25, -0.2) is 0 Å². The lowest BCUT2D eigenvalue weighted by atomic mass is 10.2. The molecule has 0 spiro atoms. The molecule has 1 aromatic carbocycles. The Morgan fingerprint density at radius 2 is 1.68 bits per heavy atom. The highest BCUT2D eigenvalue weighted by atomic mass is 32.2. The maximum Gasteiger partial charge on any atom is 0.156 e. The van der Waals surface area contributed by atoms with Gasteiger partial charge < -0.3 is 20.9 Å². The lowest BCUT2D eigenvalue weighted by Crippen LogP contribution is -2.39. The minimum atomic E-state index is -0.376. The molecule has 0 fully saturated rings. The molecule has 126 valence electrons. The molecule has 0 saturated heterocycles. The van der Waals surface area contributed by atoms with Crippen LogP contribution in [0, 0.1) is 0 Å². The highest BCUT2D eigenvalue weighted by Gasteiger charge is 2.38. The Labute approximate surface area is 138 Å². The van der Waals surface area contributed by atoms with Crippen molar-refractivity contribution in [2.75, 3.05) is 12.3 Å². The number of benzene rings is 1. The minimum Gasteiger partial charge on any atom is -0.477 e. The lowest BCUT2D eigenvalue weighted by Gasteiger charge is -2.39. The fraction of sp³-hybridized carbons (Fsp3) is 0.647. The number of hydrogen-bond acceptors (Lipinski definition) is 5. The molecular formula is C17H30N2O2S. The van der Waals surface area contributed by atoms with Crippen LogP contribution in [0.1, 0.15) is 47.5 Å². The summed E-state index contributed by atoms with van der Waals surface area (Å²) in [5.74, 6) is 0.827. The number of thioether (sulfide) groups is 1. The molecule has 5 heteroatoms. The molecule has 22 heavy (non-hydrogen) atoms. The third kappa shape index (κ3) is 5.71. The Hall–Kier alpha value is -0.910. The maximum atomic E-state index is 6.30. The summed E-state index contributed by atoms with van der Waals surface area (Å²) < 4.78 is 12.3. The molecule has 1 aromatic rings. The normalized spacial score (nSPS) is 13.9. The molecule has 0 heterocycles. The topological polar surface area (TPSA) is 70.5 Å². The van der Waals surface area contributed by atoms with E-state index >= 15 is 0 Å². The van der Waals surface area contributed by atoms with Gasteiger partial charge in [-0.3, -0.25) is 0 Å². The molecule has 0 aliphatic heterocycles. The zero-order valence-corrected chi connectivity index (χ0v) is 15.2. The van der Waals surface area contributed by atoms with Gasteiger partial charge in [-0.15, -0.1) is 0 Å². The first kappa shape index (κ1) is 19.1. The first-order valence-corrected chi connectivity index (χ1v) is 8.70. The second kappa shape index (κ2) is 8.09. The molecular weight excluding hydrogens is 296 g/mol. The van der Waals surface area contributed by atoms with Crippen LogP contribution in [0.15, 0.2) is 24.3 Å². The smallest absolute Gasteiger partial charge is 0.156 e. The van der Waals surface area contributed by atoms with E-state index in [1.807, 2.05) is 31.2 Å². The van der Waals surface area contributed by atoms with Crippen LogP contribution in [0.2, 0.25) is 0 Å². The summed E-state index contributed by atoms with van der Waals surface area (Å²) in [6.07, 6.45) is 1.77. The number of anilines is 1. The highest BCUT2D eigenvalue weighted by Crippen LogP contribution is 2.43. The van der Waals surface area contributed by atoms with Gasteiger partial charge in [0.1, 0.15) is 10.7 Å². The largest absolute Gasteiger partial charge is 0.477 e. The van der Waals surface area contributed by atoms with E-state index in [-0.39, 0.29) is 16.0 Å². The second-order valence-electron chi connectivity index (χ2n) is 5.95. The van der Waals surface area contributed by atoms with Gasteiger partial charge in [-0.1, -0.05) is 25.6 Å². The predicted molar refractivity (Wildman–Crippen MR) is 96.1 cm³/mol. The second-order valence-corrected chi connectivity index (χ2v) is 7.89. The number of rotatable bonds is 9.